The van der Waals surface area contributed by atoms with Crippen LogP contribution in [0.5, 0.6) is 0 Å². The highest BCUT2D eigenvalue weighted by Crippen LogP contribution is 2.17. The number of likely N-dealkylation sites (tertiary alicyclic amines) is 2. The van der Waals surface area contributed by atoms with Crippen molar-refractivity contribution in [2.75, 3.05) is 39.8 Å². The monoisotopic (exact) mass is 385 g/mol. The summed E-state index contributed by atoms with van der Waals surface area (Å²) in [5.41, 5.74) is 2.86. The maximum absolute atomic E-state index is 4.48. The summed E-state index contributed by atoms with van der Waals surface area (Å²) >= 11 is 0. The molecule has 0 spiro atoms. The molecule has 5 heteroatoms. The average molecular weight is 386 g/mol. The van der Waals surface area contributed by atoms with Gasteiger partial charge in [0, 0.05) is 45.3 Å². The lowest BCUT2D eigenvalue weighted by atomic mass is 10.0. The van der Waals surface area contributed by atoms with E-state index in [1.54, 1.807) is 0 Å². The minimum atomic E-state index is 0.521. The number of hydrogen-bond acceptors (Lipinski definition) is 3. The topological polar surface area (TPSA) is 42.9 Å². The summed E-state index contributed by atoms with van der Waals surface area (Å²) < 4.78 is 0. The molecule has 2 saturated heterocycles. The number of benzene rings is 1. The first-order valence-electron chi connectivity index (χ1n) is 11.2. The number of rotatable bonds is 6. The number of nitrogens with one attached hydrogen (secondary N) is 2. The minimum Gasteiger partial charge on any atom is -0.355 e. The molecule has 0 saturated carbocycles. The van der Waals surface area contributed by atoms with Crippen LogP contribution in [-0.4, -0.2) is 67.6 Å². The van der Waals surface area contributed by atoms with E-state index in [2.05, 4.69) is 63.5 Å². The molecule has 0 amide bonds. The summed E-state index contributed by atoms with van der Waals surface area (Å²) in [6.45, 7) is 11.2. The van der Waals surface area contributed by atoms with Crippen molar-refractivity contribution in [3.8, 4) is 0 Å². The number of hydrogen-bond donors (Lipinski definition) is 2. The van der Waals surface area contributed by atoms with E-state index < -0.39 is 0 Å². The van der Waals surface area contributed by atoms with Crippen molar-refractivity contribution in [1.82, 2.24) is 20.4 Å². The number of nitrogens with zero attached hydrogens (tertiary/aromatic N) is 3. The van der Waals surface area contributed by atoms with Crippen molar-refractivity contribution in [3.05, 3.63) is 35.4 Å². The molecule has 2 aliphatic rings. The molecule has 5 nitrogen and oxygen atoms in total. The van der Waals surface area contributed by atoms with Crippen molar-refractivity contribution in [3.63, 3.8) is 0 Å². The van der Waals surface area contributed by atoms with E-state index in [-0.39, 0.29) is 0 Å². The molecule has 1 atom stereocenters. The fourth-order valence-electron chi connectivity index (χ4n) is 4.57. The zero-order chi connectivity index (χ0) is 19.8. The van der Waals surface area contributed by atoms with Gasteiger partial charge in [0.25, 0.3) is 0 Å². The van der Waals surface area contributed by atoms with Crippen LogP contribution in [0.2, 0.25) is 0 Å². The number of aryl methyl sites for hydroxylation is 1. The van der Waals surface area contributed by atoms with Crippen LogP contribution in [0, 0.1) is 6.92 Å². The Morgan fingerprint density at radius 1 is 1.11 bits per heavy atom. The van der Waals surface area contributed by atoms with Gasteiger partial charge in [-0.1, -0.05) is 37.6 Å². The first kappa shape index (κ1) is 21.1. The van der Waals surface area contributed by atoms with Gasteiger partial charge >= 0.3 is 0 Å². The molecule has 0 aromatic heterocycles. The fraction of sp³-hybridized carbons (Fsp3) is 0.696. The summed E-state index contributed by atoms with van der Waals surface area (Å²) in [4.78, 5) is 9.66. The lowest BCUT2D eigenvalue weighted by Gasteiger charge is -2.36. The Kier molecular flexibility index (Phi) is 8.16. The van der Waals surface area contributed by atoms with Gasteiger partial charge in [-0.2, -0.15) is 0 Å². The summed E-state index contributed by atoms with van der Waals surface area (Å²) in [6.07, 6.45) is 6.36. The Morgan fingerprint density at radius 3 is 2.61 bits per heavy atom. The Bertz CT molecular complexity index is 621. The molecule has 2 fully saturated rings. The molecule has 0 bridgehead atoms. The second kappa shape index (κ2) is 10.8. The second-order valence-corrected chi connectivity index (χ2v) is 8.35. The van der Waals surface area contributed by atoms with Crippen molar-refractivity contribution in [2.24, 2.45) is 4.99 Å². The van der Waals surface area contributed by atoms with E-state index in [1.807, 2.05) is 7.05 Å². The van der Waals surface area contributed by atoms with Gasteiger partial charge in [0.15, 0.2) is 5.96 Å². The molecule has 2 heterocycles. The van der Waals surface area contributed by atoms with Crippen LogP contribution in [0.15, 0.2) is 29.3 Å². The predicted molar refractivity (Wildman–Crippen MR) is 119 cm³/mol. The molecule has 3 rings (SSSR count). The first-order chi connectivity index (χ1) is 13.7. The van der Waals surface area contributed by atoms with Gasteiger partial charge in [0.1, 0.15) is 0 Å². The molecular formula is C23H39N5. The molecular weight excluding hydrogens is 346 g/mol. The smallest absolute Gasteiger partial charge is 0.191 e. The van der Waals surface area contributed by atoms with Crippen LogP contribution in [0.4, 0.5) is 0 Å². The third kappa shape index (κ3) is 5.95. The lowest BCUT2D eigenvalue weighted by Crippen LogP contribution is -2.52. The molecule has 2 aliphatic heterocycles. The third-order valence-corrected chi connectivity index (χ3v) is 6.47. The van der Waals surface area contributed by atoms with Crippen molar-refractivity contribution < 1.29 is 0 Å². The van der Waals surface area contributed by atoms with E-state index in [1.165, 1.54) is 49.8 Å². The Morgan fingerprint density at radius 2 is 1.89 bits per heavy atom. The van der Waals surface area contributed by atoms with Crippen LogP contribution in [0.1, 0.15) is 50.2 Å². The van der Waals surface area contributed by atoms with E-state index in [0.29, 0.717) is 12.1 Å². The van der Waals surface area contributed by atoms with Crippen LogP contribution >= 0.6 is 0 Å². The highest BCUT2D eigenvalue weighted by atomic mass is 15.2. The molecule has 156 valence electrons. The highest BCUT2D eigenvalue weighted by Gasteiger charge is 2.23. The summed E-state index contributed by atoms with van der Waals surface area (Å²) in [7, 11) is 1.89. The largest absolute Gasteiger partial charge is 0.355 e. The zero-order valence-corrected chi connectivity index (χ0v) is 18.1. The average Bonchev–Trinajstić information content (AvgIpc) is 2.74. The Labute approximate surface area is 171 Å². The van der Waals surface area contributed by atoms with E-state index in [4.69, 9.17) is 0 Å². The van der Waals surface area contributed by atoms with Gasteiger partial charge in [0.05, 0.1) is 0 Å². The second-order valence-electron chi connectivity index (χ2n) is 8.35. The van der Waals surface area contributed by atoms with Gasteiger partial charge in [-0.25, -0.2) is 0 Å². The normalized spacial score (nSPS) is 23.0. The number of likely N-dealkylation sites (N-methyl/N-ethyl adjacent to an activating group) is 1. The first-order valence-corrected chi connectivity index (χ1v) is 11.2. The standard InChI is InChI=1S/C23H39N5/c1-4-28-14-8-7-11-22(28)17-25-23(24-3)26-21-12-15-27(16-13-21)18-20-10-6-5-9-19(20)2/h5-6,9-10,21-22H,4,7-8,11-18H2,1-3H3,(H2,24,25,26). The number of guanidine groups is 1. The fourth-order valence-corrected chi connectivity index (χ4v) is 4.57. The van der Waals surface area contributed by atoms with Crippen molar-refractivity contribution >= 4 is 5.96 Å². The molecule has 1 aromatic carbocycles. The van der Waals surface area contributed by atoms with Gasteiger partial charge in [-0.15, -0.1) is 0 Å². The van der Waals surface area contributed by atoms with Gasteiger partial charge in [-0.3, -0.25) is 14.8 Å². The van der Waals surface area contributed by atoms with Gasteiger partial charge in [0.2, 0.25) is 0 Å². The molecule has 1 aromatic rings. The molecule has 1 unspecified atom stereocenters. The van der Waals surface area contributed by atoms with Gasteiger partial charge < -0.3 is 10.6 Å². The quantitative estimate of drug-likeness (QED) is 0.584. The van der Waals surface area contributed by atoms with E-state index >= 15 is 0 Å². The summed E-state index contributed by atoms with van der Waals surface area (Å²) in [6, 6.07) is 9.92. The maximum atomic E-state index is 4.48. The lowest BCUT2D eigenvalue weighted by molar-refractivity contribution is 0.157. The predicted octanol–water partition coefficient (Wildman–Crippen LogP) is 3.00. The van der Waals surface area contributed by atoms with Crippen LogP contribution < -0.4 is 10.6 Å². The van der Waals surface area contributed by atoms with Crippen LogP contribution in [0.3, 0.4) is 0 Å². The third-order valence-electron chi connectivity index (χ3n) is 6.47. The minimum absolute atomic E-state index is 0.521. The number of aliphatic imine (C=N–C) groups is 1. The number of piperidine rings is 2. The van der Waals surface area contributed by atoms with Crippen molar-refractivity contribution in [2.45, 2.75) is 64.6 Å². The molecule has 0 radical (unpaired) electrons. The summed E-state index contributed by atoms with van der Waals surface area (Å²) in [5, 5.41) is 7.26. The van der Waals surface area contributed by atoms with Gasteiger partial charge in [-0.05, 0) is 56.8 Å². The molecule has 2 N–H and O–H groups in total. The highest BCUT2D eigenvalue weighted by molar-refractivity contribution is 5.80. The zero-order valence-electron chi connectivity index (χ0n) is 18.1. The van der Waals surface area contributed by atoms with E-state index in [0.717, 1.165) is 38.7 Å². The Balaban J connectivity index is 1.41. The molecule has 0 aliphatic carbocycles. The van der Waals surface area contributed by atoms with Crippen LogP contribution in [0.25, 0.3) is 0 Å². The SMILES string of the molecule is CCN1CCCCC1CNC(=NC)NC1CCN(Cc2ccccc2C)CC1. The van der Waals surface area contributed by atoms with Crippen LogP contribution in [-0.2, 0) is 6.54 Å². The maximum Gasteiger partial charge on any atom is 0.191 e. The summed E-state index contributed by atoms with van der Waals surface area (Å²) in [5.74, 6) is 0.971. The Hall–Kier alpha value is -1.59. The van der Waals surface area contributed by atoms with Crippen molar-refractivity contribution in [1.29, 1.82) is 0 Å². The molecule has 28 heavy (non-hydrogen) atoms. The van der Waals surface area contributed by atoms with E-state index in [9.17, 15) is 0 Å².